The van der Waals surface area contributed by atoms with Crippen molar-refractivity contribution in [1.82, 2.24) is 19.3 Å². The molecule has 0 amide bonds. The van der Waals surface area contributed by atoms with Crippen molar-refractivity contribution in [3.8, 4) is 0 Å². The number of rotatable bonds is 3. The van der Waals surface area contributed by atoms with Crippen molar-refractivity contribution in [3.63, 3.8) is 0 Å². The predicted molar refractivity (Wildman–Crippen MR) is 89.8 cm³/mol. The summed E-state index contributed by atoms with van der Waals surface area (Å²) in [4.78, 5) is 24.3. The van der Waals surface area contributed by atoms with Gasteiger partial charge in [0.1, 0.15) is 11.2 Å². The number of aromatic nitrogens is 4. The molecule has 0 saturated heterocycles. The van der Waals surface area contributed by atoms with Gasteiger partial charge in [0, 0.05) is 20.6 Å². The maximum absolute atomic E-state index is 12.4. The first kappa shape index (κ1) is 15.1. The summed E-state index contributed by atoms with van der Waals surface area (Å²) >= 11 is 0. The Morgan fingerprint density at radius 1 is 1.17 bits per heavy atom. The van der Waals surface area contributed by atoms with Crippen LogP contribution in [0.1, 0.15) is 16.7 Å². The van der Waals surface area contributed by atoms with E-state index < -0.39 is 5.69 Å². The average Bonchev–Trinajstić information content (AvgIpc) is 2.96. The van der Waals surface area contributed by atoms with Crippen molar-refractivity contribution >= 4 is 16.9 Å². The summed E-state index contributed by atoms with van der Waals surface area (Å²) in [6.07, 6.45) is 0. The van der Waals surface area contributed by atoms with Gasteiger partial charge in [0.25, 0.3) is 5.56 Å². The first-order chi connectivity index (χ1) is 10.9. The van der Waals surface area contributed by atoms with Crippen LogP contribution in [0, 0.1) is 13.8 Å². The van der Waals surface area contributed by atoms with Crippen molar-refractivity contribution < 1.29 is 0 Å². The normalized spacial score (nSPS) is 11.1. The molecule has 2 N–H and O–H groups in total. The molecule has 2 heterocycles. The van der Waals surface area contributed by atoms with E-state index in [1.54, 1.807) is 7.05 Å². The third kappa shape index (κ3) is 2.34. The van der Waals surface area contributed by atoms with Crippen LogP contribution in [-0.2, 0) is 20.6 Å². The van der Waals surface area contributed by atoms with Gasteiger partial charge in [-0.1, -0.05) is 18.2 Å². The lowest BCUT2D eigenvalue weighted by Crippen LogP contribution is -2.36. The number of aryl methyl sites for hydroxylation is 2. The average molecular weight is 313 g/mol. The standard InChI is InChI=1S/C16H19N5O2/c1-9-6-5-7-11(10(9)2)8-17-13-12-14(19-18-13)20(3)16(23)21(4)15(12)22/h5-7H,8H2,1-4H3,(H2,17,18,19). The van der Waals surface area contributed by atoms with Crippen LogP contribution in [0.3, 0.4) is 0 Å². The summed E-state index contributed by atoms with van der Waals surface area (Å²) in [6.45, 7) is 4.70. The lowest BCUT2D eigenvalue weighted by Gasteiger charge is -2.10. The quantitative estimate of drug-likeness (QED) is 0.760. The van der Waals surface area contributed by atoms with Gasteiger partial charge in [-0.15, -0.1) is 0 Å². The fourth-order valence-corrected chi connectivity index (χ4v) is 2.66. The van der Waals surface area contributed by atoms with Crippen LogP contribution >= 0.6 is 0 Å². The van der Waals surface area contributed by atoms with E-state index in [1.807, 2.05) is 12.1 Å². The van der Waals surface area contributed by atoms with Gasteiger partial charge < -0.3 is 5.32 Å². The van der Waals surface area contributed by atoms with Crippen LogP contribution in [0.2, 0.25) is 0 Å². The Morgan fingerprint density at radius 2 is 1.91 bits per heavy atom. The number of nitrogens with zero attached hydrogens (tertiary/aromatic N) is 3. The zero-order valence-electron chi connectivity index (χ0n) is 13.6. The minimum atomic E-state index is -0.393. The molecule has 0 radical (unpaired) electrons. The first-order valence-corrected chi connectivity index (χ1v) is 7.35. The van der Waals surface area contributed by atoms with Gasteiger partial charge in [-0.25, -0.2) is 4.79 Å². The van der Waals surface area contributed by atoms with E-state index in [0.717, 1.165) is 10.1 Å². The van der Waals surface area contributed by atoms with Crippen molar-refractivity contribution in [2.24, 2.45) is 14.1 Å². The third-order valence-corrected chi connectivity index (χ3v) is 4.33. The van der Waals surface area contributed by atoms with Crippen molar-refractivity contribution in [2.75, 3.05) is 5.32 Å². The van der Waals surface area contributed by atoms with Gasteiger partial charge in [-0.2, -0.15) is 5.10 Å². The van der Waals surface area contributed by atoms with Gasteiger partial charge in [0.15, 0.2) is 5.65 Å². The number of hydrogen-bond acceptors (Lipinski definition) is 4. The lowest BCUT2D eigenvalue weighted by atomic mass is 10.0. The molecule has 2 aromatic heterocycles. The molecule has 0 atom stereocenters. The second-order valence-electron chi connectivity index (χ2n) is 5.72. The first-order valence-electron chi connectivity index (χ1n) is 7.35. The molecule has 1 aromatic carbocycles. The second-order valence-corrected chi connectivity index (χ2v) is 5.72. The Morgan fingerprint density at radius 3 is 2.65 bits per heavy atom. The highest BCUT2D eigenvalue weighted by atomic mass is 16.2. The molecule has 0 aliphatic heterocycles. The Kier molecular flexibility index (Phi) is 3.55. The van der Waals surface area contributed by atoms with Gasteiger partial charge in [-0.05, 0) is 30.5 Å². The lowest BCUT2D eigenvalue weighted by molar-refractivity contribution is 0.708. The van der Waals surface area contributed by atoms with E-state index in [2.05, 4.69) is 35.4 Å². The van der Waals surface area contributed by atoms with Gasteiger partial charge in [-0.3, -0.25) is 19.0 Å². The van der Waals surface area contributed by atoms with Crippen LogP contribution in [-0.4, -0.2) is 19.3 Å². The van der Waals surface area contributed by atoms with Gasteiger partial charge in [0.05, 0.1) is 0 Å². The molecule has 0 aliphatic rings. The largest absolute Gasteiger partial charge is 0.366 e. The van der Waals surface area contributed by atoms with E-state index >= 15 is 0 Å². The van der Waals surface area contributed by atoms with Crippen LogP contribution in [0.5, 0.6) is 0 Å². The fraction of sp³-hybridized carbons (Fsp3) is 0.312. The zero-order valence-corrected chi connectivity index (χ0v) is 13.6. The molecule has 120 valence electrons. The summed E-state index contributed by atoms with van der Waals surface area (Å²) in [5, 5.41) is 10.5. The summed E-state index contributed by atoms with van der Waals surface area (Å²) in [7, 11) is 3.06. The summed E-state index contributed by atoms with van der Waals surface area (Å²) < 4.78 is 2.44. The van der Waals surface area contributed by atoms with E-state index in [0.29, 0.717) is 23.4 Å². The second kappa shape index (κ2) is 5.42. The molecule has 0 spiro atoms. The van der Waals surface area contributed by atoms with Crippen LogP contribution < -0.4 is 16.6 Å². The topological polar surface area (TPSA) is 84.7 Å². The number of fused-ring (bicyclic) bond motifs is 1. The molecular weight excluding hydrogens is 294 g/mol. The highest BCUT2D eigenvalue weighted by Crippen LogP contribution is 2.18. The van der Waals surface area contributed by atoms with E-state index in [-0.39, 0.29) is 5.56 Å². The van der Waals surface area contributed by atoms with Crippen LogP contribution in [0.25, 0.3) is 11.0 Å². The Balaban J connectivity index is 2.04. The molecular formula is C16H19N5O2. The Hall–Kier alpha value is -2.83. The number of benzene rings is 1. The highest BCUT2D eigenvalue weighted by Gasteiger charge is 2.15. The monoisotopic (exact) mass is 313 g/mol. The number of aromatic amines is 1. The fourth-order valence-electron chi connectivity index (χ4n) is 2.66. The maximum Gasteiger partial charge on any atom is 0.332 e. The molecule has 23 heavy (non-hydrogen) atoms. The molecule has 0 bridgehead atoms. The van der Waals surface area contributed by atoms with E-state index in [9.17, 15) is 9.59 Å². The van der Waals surface area contributed by atoms with E-state index in [1.165, 1.54) is 22.7 Å². The molecule has 0 fully saturated rings. The smallest absolute Gasteiger partial charge is 0.332 e. The molecule has 0 unspecified atom stereocenters. The Bertz CT molecular complexity index is 1010. The van der Waals surface area contributed by atoms with E-state index in [4.69, 9.17) is 0 Å². The number of nitrogens with one attached hydrogen (secondary N) is 2. The SMILES string of the molecule is Cc1cccc(CNc2[nH]nc3c2c(=O)n(C)c(=O)n3C)c1C. The van der Waals surface area contributed by atoms with Crippen molar-refractivity contribution in [2.45, 2.75) is 20.4 Å². The maximum atomic E-state index is 12.4. The predicted octanol–water partition coefficient (Wildman–Crippen LogP) is 1.19. The summed E-state index contributed by atoms with van der Waals surface area (Å²) in [5.41, 5.74) is 3.17. The van der Waals surface area contributed by atoms with Crippen molar-refractivity contribution in [1.29, 1.82) is 0 Å². The molecule has 7 nitrogen and oxygen atoms in total. The number of H-pyrrole nitrogens is 1. The minimum absolute atomic E-state index is 0.349. The molecule has 7 heteroatoms. The zero-order chi connectivity index (χ0) is 16.7. The van der Waals surface area contributed by atoms with Gasteiger partial charge in [0.2, 0.25) is 0 Å². The minimum Gasteiger partial charge on any atom is -0.366 e. The van der Waals surface area contributed by atoms with Crippen molar-refractivity contribution in [3.05, 3.63) is 55.7 Å². The number of anilines is 1. The molecule has 0 saturated carbocycles. The molecule has 3 rings (SSSR count). The third-order valence-electron chi connectivity index (χ3n) is 4.33. The van der Waals surface area contributed by atoms with Crippen LogP contribution in [0.15, 0.2) is 27.8 Å². The highest BCUT2D eigenvalue weighted by molar-refractivity contribution is 5.86. The van der Waals surface area contributed by atoms with Gasteiger partial charge >= 0.3 is 5.69 Å². The number of hydrogen-bond donors (Lipinski definition) is 2. The van der Waals surface area contributed by atoms with Crippen LogP contribution in [0.4, 0.5) is 5.82 Å². The summed E-state index contributed by atoms with van der Waals surface area (Å²) in [6, 6.07) is 6.12. The molecule has 3 aromatic rings. The molecule has 0 aliphatic carbocycles. The Labute approximate surface area is 132 Å². The summed E-state index contributed by atoms with van der Waals surface area (Å²) in [5.74, 6) is 0.525.